The quantitative estimate of drug-likeness (QED) is 0.698. The lowest BCUT2D eigenvalue weighted by Crippen LogP contribution is -2.36. The van der Waals surface area contributed by atoms with E-state index in [1.54, 1.807) is 6.07 Å². The molecule has 1 N–H and O–H groups in total. The van der Waals surface area contributed by atoms with Crippen LogP contribution in [0.1, 0.15) is 16.7 Å². The molecule has 0 aliphatic carbocycles. The Hall–Kier alpha value is -2.87. The zero-order chi connectivity index (χ0) is 16.7. The predicted octanol–water partition coefficient (Wildman–Crippen LogP) is 2.90. The molecular formula is C18H19FN4. The number of halogens is 1. The van der Waals surface area contributed by atoms with Gasteiger partial charge in [-0.15, -0.1) is 0 Å². The van der Waals surface area contributed by atoms with E-state index in [0.717, 1.165) is 5.56 Å². The number of nitrogens with zero attached hydrogens (tertiary/aromatic N) is 3. The van der Waals surface area contributed by atoms with Crippen LogP contribution < -0.4 is 5.32 Å². The highest BCUT2D eigenvalue weighted by Gasteiger charge is 2.06. The fraction of sp³-hybridized carbons (Fsp3) is 0.222. The van der Waals surface area contributed by atoms with Gasteiger partial charge < -0.3 is 10.2 Å². The number of guanidine groups is 1. The Morgan fingerprint density at radius 1 is 1.22 bits per heavy atom. The van der Waals surface area contributed by atoms with Gasteiger partial charge >= 0.3 is 0 Å². The summed E-state index contributed by atoms with van der Waals surface area (Å²) in [5, 5.41) is 12.0. The second kappa shape index (κ2) is 7.95. The van der Waals surface area contributed by atoms with Gasteiger partial charge in [-0.05, 0) is 23.8 Å². The van der Waals surface area contributed by atoms with E-state index >= 15 is 0 Å². The number of nitriles is 1. The number of benzene rings is 2. The maximum Gasteiger partial charge on any atom is 0.194 e. The van der Waals surface area contributed by atoms with Crippen LogP contribution in [0.4, 0.5) is 4.39 Å². The van der Waals surface area contributed by atoms with Gasteiger partial charge in [-0.3, -0.25) is 0 Å². The Balaban J connectivity index is 2.07. The van der Waals surface area contributed by atoms with Crippen molar-refractivity contribution in [3.63, 3.8) is 0 Å². The Morgan fingerprint density at radius 2 is 1.96 bits per heavy atom. The molecule has 23 heavy (non-hydrogen) atoms. The molecular weight excluding hydrogens is 291 g/mol. The largest absolute Gasteiger partial charge is 0.352 e. The van der Waals surface area contributed by atoms with Crippen molar-refractivity contribution in [2.24, 2.45) is 4.99 Å². The molecule has 0 saturated heterocycles. The van der Waals surface area contributed by atoms with Gasteiger partial charge in [-0.2, -0.15) is 5.26 Å². The molecule has 4 nitrogen and oxygen atoms in total. The molecule has 0 fully saturated rings. The van der Waals surface area contributed by atoms with Crippen molar-refractivity contribution in [1.82, 2.24) is 10.2 Å². The predicted molar refractivity (Wildman–Crippen MR) is 89.2 cm³/mol. The van der Waals surface area contributed by atoms with E-state index in [9.17, 15) is 4.39 Å². The van der Waals surface area contributed by atoms with E-state index in [2.05, 4.69) is 10.3 Å². The number of hydrogen-bond donors (Lipinski definition) is 1. The third-order valence-electron chi connectivity index (χ3n) is 3.29. The highest BCUT2D eigenvalue weighted by Crippen LogP contribution is 2.10. The fourth-order valence-electron chi connectivity index (χ4n) is 2.06. The fourth-order valence-corrected chi connectivity index (χ4v) is 2.06. The molecule has 0 aromatic heterocycles. The standard InChI is InChI=1S/C18H19FN4/c1-23(2)18(21-12-14-6-4-3-5-7-14)22-13-16-10-15(11-20)8-9-17(16)19/h3-10H,12-13H2,1-2H3,(H,21,22). The summed E-state index contributed by atoms with van der Waals surface area (Å²) < 4.78 is 13.8. The first kappa shape index (κ1) is 16.5. The molecule has 0 aliphatic heterocycles. The third kappa shape index (κ3) is 4.82. The first-order valence-corrected chi connectivity index (χ1v) is 7.28. The maximum absolute atomic E-state index is 13.8. The average Bonchev–Trinajstić information content (AvgIpc) is 2.57. The SMILES string of the molecule is CN(C)C(=NCc1ccccc1)NCc1cc(C#N)ccc1F. The molecule has 0 bridgehead atoms. The highest BCUT2D eigenvalue weighted by atomic mass is 19.1. The van der Waals surface area contributed by atoms with Crippen LogP contribution >= 0.6 is 0 Å². The summed E-state index contributed by atoms with van der Waals surface area (Å²) in [4.78, 5) is 6.37. The monoisotopic (exact) mass is 310 g/mol. The van der Waals surface area contributed by atoms with Gasteiger partial charge in [0, 0.05) is 26.2 Å². The zero-order valence-electron chi connectivity index (χ0n) is 13.3. The van der Waals surface area contributed by atoms with Gasteiger partial charge in [0.2, 0.25) is 0 Å². The summed E-state index contributed by atoms with van der Waals surface area (Å²) in [5.74, 6) is 0.327. The molecule has 0 amide bonds. The lowest BCUT2D eigenvalue weighted by Gasteiger charge is -2.18. The molecule has 0 aliphatic rings. The van der Waals surface area contributed by atoms with E-state index in [-0.39, 0.29) is 12.4 Å². The Morgan fingerprint density at radius 3 is 2.61 bits per heavy atom. The minimum atomic E-state index is -0.335. The van der Waals surface area contributed by atoms with Gasteiger partial charge in [0.25, 0.3) is 0 Å². The topological polar surface area (TPSA) is 51.4 Å². The summed E-state index contributed by atoms with van der Waals surface area (Å²) in [7, 11) is 3.75. The minimum absolute atomic E-state index is 0.271. The third-order valence-corrected chi connectivity index (χ3v) is 3.29. The van der Waals surface area contributed by atoms with E-state index in [1.807, 2.05) is 55.4 Å². The van der Waals surface area contributed by atoms with E-state index in [1.165, 1.54) is 12.1 Å². The van der Waals surface area contributed by atoms with Crippen LogP contribution in [0.25, 0.3) is 0 Å². The molecule has 0 heterocycles. The minimum Gasteiger partial charge on any atom is -0.352 e. The van der Waals surface area contributed by atoms with Gasteiger partial charge in [-0.25, -0.2) is 9.38 Å². The lowest BCUT2D eigenvalue weighted by atomic mass is 10.1. The molecule has 5 heteroatoms. The number of hydrogen-bond acceptors (Lipinski definition) is 2. The van der Waals surface area contributed by atoms with E-state index in [4.69, 9.17) is 5.26 Å². The average molecular weight is 310 g/mol. The molecule has 0 atom stereocenters. The van der Waals surface area contributed by atoms with Gasteiger partial charge in [0.1, 0.15) is 5.82 Å². The number of nitrogens with one attached hydrogen (secondary N) is 1. The van der Waals surface area contributed by atoms with Crippen LogP contribution in [0, 0.1) is 17.1 Å². The number of aliphatic imine (C=N–C) groups is 1. The molecule has 0 spiro atoms. The molecule has 2 aromatic rings. The summed E-state index contributed by atoms with van der Waals surface area (Å²) in [6.45, 7) is 0.815. The Labute approximate surface area is 135 Å². The van der Waals surface area contributed by atoms with Crippen LogP contribution in [0.2, 0.25) is 0 Å². The van der Waals surface area contributed by atoms with Crippen LogP contribution in [-0.2, 0) is 13.1 Å². The number of rotatable bonds is 4. The van der Waals surface area contributed by atoms with E-state index < -0.39 is 0 Å². The van der Waals surface area contributed by atoms with Gasteiger partial charge in [0.05, 0.1) is 18.2 Å². The van der Waals surface area contributed by atoms with Crippen LogP contribution in [0.5, 0.6) is 0 Å². The first-order chi connectivity index (χ1) is 11.1. The van der Waals surface area contributed by atoms with Crippen LogP contribution in [0.15, 0.2) is 53.5 Å². The second-order valence-corrected chi connectivity index (χ2v) is 5.29. The highest BCUT2D eigenvalue weighted by molar-refractivity contribution is 5.79. The van der Waals surface area contributed by atoms with Crippen molar-refractivity contribution >= 4 is 5.96 Å². The molecule has 2 aromatic carbocycles. The summed E-state index contributed by atoms with van der Waals surface area (Å²) in [6.07, 6.45) is 0. The maximum atomic E-state index is 13.8. The van der Waals surface area contributed by atoms with Gasteiger partial charge in [-0.1, -0.05) is 30.3 Å². The van der Waals surface area contributed by atoms with Crippen molar-refractivity contribution in [1.29, 1.82) is 5.26 Å². The van der Waals surface area contributed by atoms with Crippen molar-refractivity contribution < 1.29 is 4.39 Å². The zero-order valence-corrected chi connectivity index (χ0v) is 13.3. The smallest absolute Gasteiger partial charge is 0.194 e. The van der Waals surface area contributed by atoms with Crippen molar-refractivity contribution in [2.75, 3.05) is 14.1 Å². The van der Waals surface area contributed by atoms with Crippen molar-refractivity contribution in [3.05, 3.63) is 71.0 Å². The van der Waals surface area contributed by atoms with Crippen molar-refractivity contribution in [3.8, 4) is 6.07 Å². The molecule has 118 valence electrons. The second-order valence-electron chi connectivity index (χ2n) is 5.29. The molecule has 0 unspecified atom stereocenters. The first-order valence-electron chi connectivity index (χ1n) is 7.28. The molecule has 2 rings (SSSR count). The van der Waals surface area contributed by atoms with E-state index in [0.29, 0.717) is 23.6 Å². The van der Waals surface area contributed by atoms with Crippen molar-refractivity contribution in [2.45, 2.75) is 13.1 Å². The summed E-state index contributed by atoms with van der Waals surface area (Å²) >= 11 is 0. The van der Waals surface area contributed by atoms with Gasteiger partial charge in [0.15, 0.2) is 5.96 Å². The summed E-state index contributed by atoms with van der Waals surface area (Å²) in [5.41, 5.74) is 1.99. The Kier molecular flexibility index (Phi) is 5.70. The van der Waals surface area contributed by atoms with Crippen LogP contribution in [0.3, 0.4) is 0 Å². The van der Waals surface area contributed by atoms with Crippen LogP contribution in [-0.4, -0.2) is 25.0 Å². The normalized spacial score (nSPS) is 11.0. The summed E-state index contributed by atoms with van der Waals surface area (Å²) in [6, 6.07) is 16.3. The molecule has 0 saturated carbocycles. The lowest BCUT2D eigenvalue weighted by molar-refractivity contribution is 0.567. The molecule has 0 radical (unpaired) electrons. The Bertz CT molecular complexity index is 718.